The Bertz CT molecular complexity index is 1250. The minimum atomic E-state index is -0.956. The molecule has 0 aliphatic rings. The summed E-state index contributed by atoms with van der Waals surface area (Å²) in [6.45, 7) is 5.18. The molecule has 0 spiro atoms. The van der Waals surface area contributed by atoms with Crippen molar-refractivity contribution in [3.63, 3.8) is 0 Å². The topological polar surface area (TPSA) is 81.5 Å². The van der Waals surface area contributed by atoms with Crippen molar-refractivity contribution < 1.29 is 23.5 Å². The van der Waals surface area contributed by atoms with E-state index >= 15 is 0 Å². The molecular weight excluding hydrogens is 370 g/mol. The van der Waals surface area contributed by atoms with Crippen LogP contribution in [0, 0.1) is 13.8 Å². The van der Waals surface area contributed by atoms with Crippen molar-refractivity contribution in [2.75, 3.05) is 7.11 Å². The molecule has 0 aliphatic carbocycles. The Kier molecular flexibility index (Phi) is 4.62. The molecule has 0 aliphatic heterocycles. The van der Waals surface area contributed by atoms with Gasteiger partial charge in [0.2, 0.25) is 11.5 Å². The fourth-order valence-corrected chi connectivity index (χ4v) is 3.59. The molecule has 2 aromatic heterocycles. The van der Waals surface area contributed by atoms with Crippen molar-refractivity contribution in [2.45, 2.75) is 26.9 Å². The van der Waals surface area contributed by atoms with E-state index in [1.807, 2.05) is 31.2 Å². The summed E-state index contributed by atoms with van der Waals surface area (Å²) in [6.07, 6.45) is -0.956. The molecule has 6 nitrogen and oxygen atoms in total. The highest BCUT2D eigenvalue weighted by atomic mass is 16.6. The van der Waals surface area contributed by atoms with E-state index in [1.165, 1.54) is 0 Å². The van der Waals surface area contributed by atoms with Gasteiger partial charge < -0.3 is 18.9 Å². The van der Waals surface area contributed by atoms with Crippen LogP contribution in [0.25, 0.3) is 21.9 Å². The van der Waals surface area contributed by atoms with Crippen LogP contribution in [0.4, 0.5) is 0 Å². The predicted molar refractivity (Wildman–Crippen MR) is 110 cm³/mol. The summed E-state index contributed by atoms with van der Waals surface area (Å²) < 4.78 is 16.4. The number of benzene rings is 2. The fraction of sp³-hybridized carbons (Fsp3) is 0.217. The van der Waals surface area contributed by atoms with E-state index < -0.39 is 12.1 Å². The third-order valence-corrected chi connectivity index (χ3v) is 5.12. The molecule has 4 aromatic rings. The third-order valence-electron chi connectivity index (χ3n) is 5.12. The zero-order valence-electron chi connectivity index (χ0n) is 16.7. The first-order chi connectivity index (χ1) is 13.9. The molecule has 1 N–H and O–H groups in total. The first kappa shape index (κ1) is 18.8. The van der Waals surface area contributed by atoms with Crippen LogP contribution in [0.3, 0.4) is 0 Å². The molecule has 0 bridgehead atoms. The number of aryl methyl sites for hydroxylation is 2. The van der Waals surface area contributed by atoms with Crippen LogP contribution in [-0.2, 0) is 4.74 Å². The Hall–Kier alpha value is -3.54. The van der Waals surface area contributed by atoms with E-state index in [-0.39, 0.29) is 11.5 Å². The minimum absolute atomic E-state index is 0.0866. The molecule has 148 valence electrons. The average Bonchev–Trinajstić information content (AvgIpc) is 3.23. The first-order valence-electron chi connectivity index (χ1n) is 9.30. The van der Waals surface area contributed by atoms with E-state index in [9.17, 15) is 9.59 Å². The van der Waals surface area contributed by atoms with Crippen LogP contribution >= 0.6 is 0 Å². The van der Waals surface area contributed by atoms with Gasteiger partial charge in [-0.2, -0.15) is 0 Å². The van der Waals surface area contributed by atoms with Crippen molar-refractivity contribution in [3.8, 4) is 5.75 Å². The number of aromatic nitrogens is 1. The van der Waals surface area contributed by atoms with Crippen LogP contribution < -0.4 is 4.74 Å². The molecule has 0 amide bonds. The summed E-state index contributed by atoms with van der Waals surface area (Å²) in [5.74, 6) is -0.178. The summed E-state index contributed by atoms with van der Waals surface area (Å²) in [5, 5.41) is 1.58. The number of Topliss-reactive ketones (excluding diaryl/α,β-unsaturated/α-hetero) is 1. The van der Waals surface area contributed by atoms with Crippen molar-refractivity contribution >= 4 is 33.6 Å². The fourth-order valence-electron chi connectivity index (χ4n) is 3.59. The molecular formula is C23H21NO5. The number of methoxy groups -OCH3 is 1. The number of carbonyl (C=O) groups is 2. The van der Waals surface area contributed by atoms with Gasteiger partial charge in [-0.05, 0) is 45.0 Å². The van der Waals surface area contributed by atoms with Crippen LogP contribution in [-0.4, -0.2) is 30.0 Å². The summed E-state index contributed by atoms with van der Waals surface area (Å²) in [6, 6.07) is 12.8. The van der Waals surface area contributed by atoms with Gasteiger partial charge in [0.1, 0.15) is 11.3 Å². The number of hydrogen-bond donors (Lipinski definition) is 1. The number of hydrogen-bond acceptors (Lipinski definition) is 5. The van der Waals surface area contributed by atoms with E-state index in [2.05, 4.69) is 4.98 Å². The van der Waals surface area contributed by atoms with E-state index in [4.69, 9.17) is 13.9 Å². The van der Waals surface area contributed by atoms with Crippen molar-refractivity contribution in [3.05, 3.63) is 65.0 Å². The highest BCUT2D eigenvalue weighted by molar-refractivity contribution is 6.11. The third kappa shape index (κ3) is 3.16. The van der Waals surface area contributed by atoms with Crippen LogP contribution in [0.15, 0.2) is 46.9 Å². The van der Waals surface area contributed by atoms with Gasteiger partial charge in [0, 0.05) is 33.1 Å². The van der Waals surface area contributed by atoms with E-state index in [1.54, 1.807) is 39.2 Å². The highest BCUT2D eigenvalue weighted by Crippen LogP contribution is 2.30. The molecule has 0 fully saturated rings. The number of fused-ring (bicyclic) bond motifs is 2. The summed E-state index contributed by atoms with van der Waals surface area (Å²) >= 11 is 0. The van der Waals surface area contributed by atoms with Gasteiger partial charge in [-0.3, -0.25) is 4.79 Å². The monoisotopic (exact) mass is 391 g/mol. The number of rotatable bonds is 5. The van der Waals surface area contributed by atoms with Crippen molar-refractivity contribution in [1.82, 2.24) is 4.98 Å². The van der Waals surface area contributed by atoms with Gasteiger partial charge in [0.25, 0.3) is 0 Å². The minimum Gasteiger partial charge on any atom is -0.497 e. The second-order valence-electron chi connectivity index (χ2n) is 7.00. The Morgan fingerprint density at radius 2 is 1.83 bits per heavy atom. The molecule has 0 saturated carbocycles. The predicted octanol–water partition coefficient (Wildman–Crippen LogP) is 4.97. The number of carbonyl (C=O) groups excluding carboxylic acids is 2. The normalized spacial score (nSPS) is 12.3. The standard InChI is InChI=1S/C23H21NO5/c1-12-17-11-15(27-4)9-10-19(17)29-22(12)23(26)28-14(3)21(25)20-13(2)24-18-8-6-5-7-16(18)20/h5-11,14,24H,1-4H3/t14-/m1/s1. The second kappa shape index (κ2) is 7.13. The summed E-state index contributed by atoms with van der Waals surface area (Å²) in [5.41, 5.74) is 3.35. The number of ether oxygens (including phenoxy) is 2. The van der Waals surface area contributed by atoms with Gasteiger partial charge in [-0.1, -0.05) is 18.2 Å². The smallest absolute Gasteiger partial charge is 0.375 e. The molecule has 0 saturated heterocycles. The molecule has 0 radical (unpaired) electrons. The van der Waals surface area contributed by atoms with E-state index in [0.717, 1.165) is 22.0 Å². The first-order valence-corrected chi connectivity index (χ1v) is 9.30. The lowest BCUT2D eigenvalue weighted by atomic mass is 10.0. The quantitative estimate of drug-likeness (QED) is 0.384. The lowest BCUT2D eigenvalue weighted by Crippen LogP contribution is -2.25. The molecule has 1 atom stereocenters. The number of ketones is 1. The Morgan fingerprint density at radius 1 is 1.07 bits per heavy atom. The maximum absolute atomic E-state index is 13.0. The summed E-state index contributed by atoms with van der Waals surface area (Å²) in [7, 11) is 1.58. The molecule has 6 heteroatoms. The van der Waals surface area contributed by atoms with Crippen molar-refractivity contribution in [2.24, 2.45) is 0 Å². The Balaban J connectivity index is 1.61. The lowest BCUT2D eigenvalue weighted by Gasteiger charge is -2.12. The van der Waals surface area contributed by atoms with Gasteiger partial charge in [-0.15, -0.1) is 0 Å². The Morgan fingerprint density at radius 3 is 2.59 bits per heavy atom. The van der Waals surface area contributed by atoms with Gasteiger partial charge in [0.15, 0.2) is 6.10 Å². The number of nitrogens with one attached hydrogen (secondary N) is 1. The number of para-hydroxylation sites is 1. The number of aromatic amines is 1. The second-order valence-corrected chi connectivity index (χ2v) is 7.00. The number of esters is 1. The highest BCUT2D eigenvalue weighted by Gasteiger charge is 2.27. The molecule has 2 aromatic carbocycles. The largest absolute Gasteiger partial charge is 0.497 e. The van der Waals surface area contributed by atoms with Crippen LogP contribution in [0.5, 0.6) is 5.75 Å². The maximum Gasteiger partial charge on any atom is 0.375 e. The van der Waals surface area contributed by atoms with Gasteiger partial charge in [0.05, 0.1) is 7.11 Å². The molecule has 2 heterocycles. The van der Waals surface area contributed by atoms with Crippen molar-refractivity contribution in [1.29, 1.82) is 0 Å². The summed E-state index contributed by atoms with van der Waals surface area (Å²) in [4.78, 5) is 28.9. The van der Waals surface area contributed by atoms with Gasteiger partial charge >= 0.3 is 5.97 Å². The molecule has 4 rings (SSSR count). The van der Waals surface area contributed by atoms with E-state index in [0.29, 0.717) is 22.5 Å². The maximum atomic E-state index is 13.0. The molecule has 0 unspecified atom stereocenters. The lowest BCUT2D eigenvalue weighted by molar-refractivity contribution is 0.0290. The Labute approximate surface area is 167 Å². The molecule has 29 heavy (non-hydrogen) atoms. The van der Waals surface area contributed by atoms with Gasteiger partial charge in [-0.25, -0.2) is 4.79 Å². The zero-order valence-corrected chi connectivity index (χ0v) is 16.7. The number of H-pyrrole nitrogens is 1. The number of furan rings is 1. The zero-order chi connectivity index (χ0) is 20.7. The van der Waals surface area contributed by atoms with Crippen LogP contribution in [0.1, 0.15) is 39.1 Å². The SMILES string of the molecule is COc1ccc2oc(C(=O)O[C@H](C)C(=O)c3c(C)[nH]c4ccccc34)c(C)c2c1. The van der Waals surface area contributed by atoms with Crippen LogP contribution in [0.2, 0.25) is 0 Å². The average molecular weight is 391 g/mol.